The Bertz CT molecular complexity index is 613. The zero-order chi connectivity index (χ0) is 14.3. The minimum atomic E-state index is -0.0259. The maximum atomic E-state index is 6.51. The Labute approximate surface area is 120 Å². The fraction of sp³-hybridized carbons (Fsp3) is 0.471. The van der Waals surface area contributed by atoms with E-state index in [-0.39, 0.29) is 18.2 Å². The van der Waals surface area contributed by atoms with Crippen molar-refractivity contribution in [1.82, 2.24) is 4.98 Å². The average Bonchev–Trinajstić information content (AvgIpc) is 2.71. The van der Waals surface area contributed by atoms with Crippen molar-refractivity contribution in [2.24, 2.45) is 17.6 Å². The van der Waals surface area contributed by atoms with Crippen LogP contribution in [0.2, 0.25) is 0 Å². The third-order valence-corrected chi connectivity index (χ3v) is 4.73. The van der Waals surface area contributed by atoms with E-state index in [1.54, 1.807) is 0 Å². The molecule has 1 aromatic heterocycles. The lowest BCUT2D eigenvalue weighted by atomic mass is 9.81. The maximum absolute atomic E-state index is 6.51. The van der Waals surface area contributed by atoms with Crippen molar-refractivity contribution < 1.29 is 4.74 Å². The quantitative estimate of drug-likeness (QED) is 0.911. The molecular weight excluding hydrogens is 248 g/mol. The molecule has 0 saturated carbocycles. The summed E-state index contributed by atoms with van der Waals surface area (Å²) >= 11 is 0. The Morgan fingerprint density at radius 1 is 1.15 bits per heavy atom. The summed E-state index contributed by atoms with van der Waals surface area (Å²) in [5, 5.41) is 1.15. The van der Waals surface area contributed by atoms with Crippen LogP contribution in [0.4, 0.5) is 0 Å². The van der Waals surface area contributed by atoms with Gasteiger partial charge in [-0.3, -0.25) is 4.98 Å². The van der Waals surface area contributed by atoms with Crippen molar-refractivity contribution in [3.8, 4) is 0 Å². The van der Waals surface area contributed by atoms with E-state index in [0.29, 0.717) is 11.8 Å². The molecule has 0 radical (unpaired) electrons. The van der Waals surface area contributed by atoms with Crippen molar-refractivity contribution in [1.29, 1.82) is 0 Å². The Hall–Kier alpha value is -1.45. The summed E-state index contributed by atoms with van der Waals surface area (Å²) < 4.78 is 5.92. The first-order valence-electron chi connectivity index (χ1n) is 7.33. The van der Waals surface area contributed by atoms with Crippen LogP contribution in [0.5, 0.6) is 0 Å². The first kappa shape index (κ1) is 13.5. The van der Waals surface area contributed by atoms with Crippen molar-refractivity contribution in [3.63, 3.8) is 0 Å². The van der Waals surface area contributed by atoms with Gasteiger partial charge in [-0.15, -0.1) is 0 Å². The zero-order valence-corrected chi connectivity index (χ0v) is 12.3. The molecule has 20 heavy (non-hydrogen) atoms. The molecule has 106 valence electrons. The summed E-state index contributed by atoms with van der Waals surface area (Å²) in [7, 11) is 0. The number of pyridine rings is 1. The number of aromatic nitrogens is 1. The molecule has 0 bridgehead atoms. The smallest absolute Gasteiger partial charge is 0.0702 e. The van der Waals surface area contributed by atoms with Gasteiger partial charge in [0, 0.05) is 23.5 Å². The lowest BCUT2D eigenvalue weighted by Gasteiger charge is -2.26. The van der Waals surface area contributed by atoms with Crippen LogP contribution in [0, 0.1) is 11.8 Å². The van der Waals surface area contributed by atoms with Crippen LogP contribution in [-0.2, 0) is 4.74 Å². The number of rotatable bonds is 2. The Balaban J connectivity index is 1.94. The molecule has 1 aliphatic heterocycles. The lowest BCUT2D eigenvalue weighted by molar-refractivity contribution is 0.0489. The van der Waals surface area contributed by atoms with Crippen LogP contribution in [-0.4, -0.2) is 17.2 Å². The molecule has 1 aliphatic rings. The van der Waals surface area contributed by atoms with Crippen molar-refractivity contribution >= 4 is 10.9 Å². The minimum Gasteiger partial charge on any atom is -0.375 e. The normalized spacial score (nSPS) is 31.6. The van der Waals surface area contributed by atoms with Crippen LogP contribution >= 0.6 is 0 Å². The van der Waals surface area contributed by atoms with Crippen LogP contribution < -0.4 is 5.73 Å². The molecule has 1 saturated heterocycles. The van der Waals surface area contributed by atoms with Crippen LogP contribution in [0.3, 0.4) is 0 Å². The maximum Gasteiger partial charge on any atom is 0.0702 e. The highest BCUT2D eigenvalue weighted by Gasteiger charge is 2.40. The van der Waals surface area contributed by atoms with E-state index >= 15 is 0 Å². The molecule has 3 heteroatoms. The molecule has 0 amide bonds. The van der Waals surface area contributed by atoms with Crippen molar-refractivity contribution in [3.05, 3.63) is 42.1 Å². The summed E-state index contributed by atoms with van der Waals surface area (Å²) in [5.74, 6) is 0.805. The summed E-state index contributed by atoms with van der Waals surface area (Å²) in [5.41, 5.74) is 8.63. The third kappa shape index (κ3) is 2.21. The molecule has 2 heterocycles. The number of para-hydroxylation sites is 1. The van der Waals surface area contributed by atoms with Crippen LogP contribution in [0.1, 0.15) is 32.4 Å². The summed E-state index contributed by atoms with van der Waals surface area (Å²) in [4.78, 5) is 4.52. The van der Waals surface area contributed by atoms with E-state index in [2.05, 4.69) is 37.9 Å². The summed E-state index contributed by atoms with van der Waals surface area (Å²) in [6.45, 7) is 6.48. The lowest BCUT2D eigenvalue weighted by Crippen LogP contribution is -2.30. The van der Waals surface area contributed by atoms with Gasteiger partial charge < -0.3 is 10.5 Å². The second kappa shape index (κ2) is 5.15. The van der Waals surface area contributed by atoms with Gasteiger partial charge in [0.1, 0.15) is 0 Å². The standard InChI is InChI=1S/C17H22N2O/c1-10-11(2)20-12(3)16(10)17(18)14-8-13-6-4-5-7-15(13)19-9-14/h4-12,16-17H,18H2,1-3H3. The van der Waals surface area contributed by atoms with Gasteiger partial charge in [0.05, 0.1) is 17.7 Å². The monoisotopic (exact) mass is 270 g/mol. The fourth-order valence-corrected chi connectivity index (χ4v) is 3.41. The molecule has 2 N–H and O–H groups in total. The molecule has 3 nitrogen and oxygen atoms in total. The van der Waals surface area contributed by atoms with E-state index in [4.69, 9.17) is 10.5 Å². The van der Waals surface area contributed by atoms with Gasteiger partial charge in [0.2, 0.25) is 0 Å². The highest BCUT2D eigenvalue weighted by molar-refractivity contribution is 5.78. The minimum absolute atomic E-state index is 0.0259. The average molecular weight is 270 g/mol. The van der Waals surface area contributed by atoms with E-state index in [0.717, 1.165) is 16.5 Å². The van der Waals surface area contributed by atoms with E-state index in [9.17, 15) is 0 Å². The van der Waals surface area contributed by atoms with Gasteiger partial charge in [-0.05, 0) is 37.5 Å². The number of nitrogens with zero attached hydrogens (tertiary/aromatic N) is 1. The van der Waals surface area contributed by atoms with Gasteiger partial charge in [-0.2, -0.15) is 0 Å². The molecule has 1 aromatic carbocycles. The number of fused-ring (bicyclic) bond motifs is 1. The van der Waals surface area contributed by atoms with E-state index in [1.165, 1.54) is 0 Å². The predicted molar refractivity (Wildman–Crippen MR) is 81.3 cm³/mol. The highest BCUT2D eigenvalue weighted by atomic mass is 16.5. The SMILES string of the molecule is CC1OC(C)C(C(N)c2cnc3ccccc3c2)C1C. The largest absolute Gasteiger partial charge is 0.375 e. The molecule has 2 aromatic rings. The molecule has 1 fully saturated rings. The predicted octanol–water partition coefficient (Wildman–Crippen LogP) is 3.29. The van der Waals surface area contributed by atoms with Gasteiger partial charge in [-0.25, -0.2) is 0 Å². The van der Waals surface area contributed by atoms with Gasteiger partial charge in [0.15, 0.2) is 0 Å². The van der Waals surface area contributed by atoms with Crippen molar-refractivity contribution in [2.45, 2.75) is 39.0 Å². The summed E-state index contributed by atoms with van der Waals surface area (Å²) in [6, 6.07) is 10.3. The van der Waals surface area contributed by atoms with Gasteiger partial charge in [-0.1, -0.05) is 25.1 Å². The zero-order valence-electron chi connectivity index (χ0n) is 12.3. The first-order chi connectivity index (χ1) is 9.58. The van der Waals surface area contributed by atoms with Crippen LogP contribution in [0.15, 0.2) is 36.5 Å². The van der Waals surface area contributed by atoms with E-state index < -0.39 is 0 Å². The van der Waals surface area contributed by atoms with Crippen LogP contribution in [0.25, 0.3) is 10.9 Å². The molecule has 5 atom stereocenters. The van der Waals surface area contributed by atoms with Crippen molar-refractivity contribution in [2.75, 3.05) is 0 Å². The third-order valence-electron chi connectivity index (χ3n) is 4.73. The number of benzene rings is 1. The topological polar surface area (TPSA) is 48.1 Å². The number of hydrogen-bond acceptors (Lipinski definition) is 3. The molecular formula is C17H22N2O. The molecule has 0 spiro atoms. The second-order valence-electron chi connectivity index (χ2n) is 5.97. The first-order valence-corrected chi connectivity index (χ1v) is 7.33. The second-order valence-corrected chi connectivity index (χ2v) is 5.97. The fourth-order valence-electron chi connectivity index (χ4n) is 3.41. The van der Waals surface area contributed by atoms with Gasteiger partial charge in [0.25, 0.3) is 0 Å². The number of nitrogens with two attached hydrogens (primary N) is 1. The highest BCUT2D eigenvalue weighted by Crippen LogP contribution is 2.39. The Morgan fingerprint density at radius 3 is 2.60 bits per heavy atom. The van der Waals surface area contributed by atoms with E-state index in [1.807, 2.05) is 24.4 Å². The molecule has 5 unspecified atom stereocenters. The van der Waals surface area contributed by atoms with Gasteiger partial charge >= 0.3 is 0 Å². The Morgan fingerprint density at radius 2 is 1.90 bits per heavy atom. The Kier molecular flexibility index (Phi) is 3.48. The summed E-state index contributed by atoms with van der Waals surface area (Å²) in [6.07, 6.45) is 2.38. The number of hydrogen-bond donors (Lipinski definition) is 1. The molecule has 0 aliphatic carbocycles. The number of ether oxygens (including phenoxy) is 1. The molecule has 3 rings (SSSR count).